The van der Waals surface area contributed by atoms with Gasteiger partial charge < -0.3 is 15.4 Å². The number of anilines is 1. The number of amides is 2. The Morgan fingerprint density at radius 1 is 0.958 bits per heavy atom. The molecule has 0 fully saturated rings. The number of nitrogens with one attached hydrogen (secondary N) is 2. The largest absolute Gasteiger partial charge is 0.468 e. The second-order valence-electron chi connectivity index (χ2n) is 4.74. The lowest BCUT2D eigenvalue weighted by atomic mass is 10.1. The van der Waals surface area contributed by atoms with Crippen LogP contribution in [0.15, 0.2) is 48.5 Å². The molecule has 0 saturated heterocycles. The van der Waals surface area contributed by atoms with Crippen molar-refractivity contribution < 1.29 is 19.1 Å². The third kappa shape index (κ3) is 4.33. The zero-order valence-corrected chi connectivity index (χ0v) is 13.6. The van der Waals surface area contributed by atoms with E-state index in [1.165, 1.54) is 13.2 Å². The summed E-state index contributed by atoms with van der Waals surface area (Å²) < 4.78 is 4.46. The van der Waals surface area contributed by atoms with E-state index in [1.807, 2.05) is 0 Å². The molecule has 0 radical (unpaired) electrons. The lowest BCUT2D eigenvalue weighted by Crippen LogP contribution is -2.31. The minimum Gasteiger partial charge on any atom is -0.468 e. The maximum Gasteiger partial charge on any atom is 0.325 e. The van der Waals surface area contributed by atoms with Gasteiger partial charge in [-0.2, -0.15) is 0 Å². The first-order valence-corrected chi connectivity index (χ1v) is 7.40. The van der Waals surface area contributed by atoms with Gasteiger partial charge in [-0.15, -0.1) is 0 Å². The molecule has 0 heterocycles. The molecule has 2 N–H and O–H groups in total. The summed E-state index contributed by atoms with van der Waals surface area (Å²) in [6, 6.07) is 13.0. The molecule has 2 aromatic rings. The van der Waals surface area contributed by atoms with Crippen molar-refractivity contribution in [3.05, 3.63) is 64.7 Å². The average Bonchev–Trinajstić information content (AvgIpc) is 2.60. The van der Waals surface area contributed by atoms with Crippen LogP contribution in [0.3, 0.4) is 0 Å². The minimum absolute atomic E-state index is 0.224. The van der Waals surface area contributed by atoms with E-state index in [0.29, 0.717) is 16.3 Å². The van der Waals surface area contributed by atoms with Crippen LogP contribution in [0.25, 0.3) is 0 Å². The van der Waals surface area contributed by atoms with Crippen LogP contribution >= 0.6 is 11.6 Å². The number of esters is 1. The average molecular weight is 347 g/mol. The van der Waals surface area contributed by atoms with E-state index in [4.69, 9.17) is 11.6 Å². The summed E-state index contributed by atoms with van der Waals surface area (Å²) >= 11 is 6.00. The fourth-order valence-corrected chi connectivity index (χ4v) is 2.17. The number of benzene rings is 2. The summed E-state index contributed by atoms with van der Waals surface area (Å²) in [5.41, 5.74) is 0.829. The molecule has 0 atom stereocenters. The molecule has 0 saturated carbocycles. The summed E-state index contributed by atoms with van der Waals surface area (Å²) in [5, 5.41) is 5.38. The van der Waals surface area contributed by atoms with E-state index in [-0.39, 0.29) is 12.1 Å². The van der Waals surface area contributed by atoms with E-state index in [1.54, 1.807) is 42.5 Å². The Balaban J connectivity index is 2.17. The summed E-state index contributed by atoms with van der Waals surface area (Å²) in [4.78, 5) is 35.6. The molecule has 24 heavy (non-hydrogen) atoms. The molecule has 0 unspecified atom stereocenters. The summed E-state index contributed by atoms with van der Waals surface area (Å²) in [6.07, 6.45) is 0. The van der Waals surface area contributed by atoms with Gasteiger partial charge in [0.2, 0.25) is 0 Å². The Morgan fingerprint density at radius 2 is 1.58 bits per heavy atom. The molecule has 0 aliphatic rings. The maximum absolute atomic E-state index is 12.3. The highest BCUT2D eigenvalue weighted by molar-refractivity contribution is 6.34. The highest BCUT2D eigenvalue weighted by atomic mass is 35.5. The number of carbonyl (C=O) groups is 3. The summed E-state index contributed by atoms with van der Waals surface area (Å²) in [6.45, 7) is -0.262. The molecule has 6 nitrogen and oxygen atoms in total. The van der Waals surface area contributed by atoms with Crippen LogP contribution in [0.4, 0.5) is 5.69 Å². The van der Waals surface area contributed by atoms with Crippen molar-refractivity contribution in [1.29, 1.82) is 0 Å². The number of halogens is 1. The molecule has 0 aliphatic heterocycles. The van der Waals surface area contributed by atoms with Crippen LogP contribution < -0.4 is 10.6 Å². The van der Waals surface area contributed by atoms with Gasteiger partial charge in [0.25, 0.3) is 11.8 Å². The SMILES string of the molecule is COC(=O)CNC(=O)c1ccccc1NC(=O)c1ccccc1Cl. The minimum atomic E-state index is -0.569. The normalized spacial score (nSPS) is 9.92. The van der Waals surface area contributed by atoms with Gasteiger partial charge in [0.05, 0.1) is 28.9 Å². The van der Waals surface area contributed by atoms with Crippen LogP contribution in [0.2, 0.25) is 5.02 Å². The zero-order chi connectivity index (χ0) is 17.5. The number of rotatable bonds is 5. The molecule has 0 bridgehead atoms. The standard InChI is InChI=1S/C17H15ClN2O4/c1-24-15(21)10-19-16(22)12-7-3-5-9-14(12)20-17(23)11-6-2-4-8-13(11)18/h2-9H,10H2,1H3,(H,19,22)(H,20,23). The zero-order valence-electron chi connectivity index (χ0n) is 12.8. The van der Waals surface area contributed by atoms with Gasteiger partial charge in [-0.25, -0.2) is 0 Å². The smallest absolute Gasteiger partial charge is 0.325 e. The van der Waals surface area contributed by atoms with Crippen LogP contribution in [-0.4, -0.2) is 31.4 Å². The van der Waals surface area contributed by atoms with E-state index < -0.39 is 17.8 Å². The van der Waals surface area contributed by atoms with Gasteiger partial charge in [0.15, 0.2) is 0 Å². The topological polar surface area (TPSA) is 84.5 Å². The highest BCUT2D eigenvalue weighted by Crippen LogP contribution is 2.19. The van der Waals surface area contributed by atoms with Crippen molar-refractivity contribution in [2.24, 2.45) is 0 Å². The van der Waals surface area contributed by atoms with Crippen molar-refractivity contribution >= 4 is 35.1 Å². The highest BCUT2D eigenvalue weighted by Gasteiger charge is 2.16. The Morgan fingerprint density at radius 3 is 2.25 bits per heavy atom. The van der Waals surface area contributed by atoms with Crippen LogP contribution in [0, 0.1) is 0 Å². The van der Waals surface area contributed by atoms with Gasteiger partial charge in [-0.1, -0.05) is 35.9 Å². The number of methoxy groups -OCH3 is 1. The lowest BCUT2D eigenvalue weighted by Gasteiger charge is -2.11. The predicted molar refractivity (Wildman–Crippen MR) is 90.2 cm³/mol. The van der Waals surface area contributed by atoms with Gasteiger partial charge in [0.1, 0.15) is 6.54 Å². The van der Waals surface area contributed by atoms with Gasteiger partial charge in [-0.05, 0) is 24.3 Å². The van der Waals surface area contributed by atoms with Crippen LogP contribution in [-0.2, 0) is 9.53 Å². The fraction of sp³-hybridized carbons (Fsp3) is 0.118. The third-order valence-electron chi connectivity index (χ3n) is 3.16. The maximum atomic E-state index is 12.3. The van der Waals surface area contributed by atoms with Crippen LogP contribution in [0.5, 0.6) is 0 Å². The number of carbonyl (C=O) groups excluding carboxylic acids is 3. The van der Waals surface area contributed by atoms with Crippen molar-refractivity contribution in [1.82, 2.24) is 5.32 Å². The second kappa shape index (κ2) is 8.12. The Bertz CT molecular complexity index is 777. The quantitative estimate of drug-likeness (QED) is 0.815. The summed E-state index contributed by atoms with van der Waals surface area (Å²) in [5.74, 6) is -1.51. The van der Waals surface area contributed by atoms with E-state index in [9.17, 15) is 14.4 Å². The predicted octanol–water partition coefficient (Wildman–Crippen LogP) is 2.50. The first-order chi connectivity index (χ1) is 11.5. The van der Waals surface area contributed by atoms with E-state index >= 15 is 0 Å². The van der Waals surface area contributed by atoms with Crippen molar-refractivity contribution in [2.75, 3.05) is 19.0 Å². The number of ether oxygens (including phenoxy) is 1. The van der Waals surface area contributed by atoms with Gasteiger partial charge >= 0.3 is 5.97 Å². The summed E-state index contributed by atoms with van der Waals surface area (Å²) in [7, 11) is 1.23. The Kier molecular flexibility index (Phi) is 5.92. The van der Waals surface area contributed by atoms with Crippen molar-refractivity contribution in [3.63, 3.8) is 0 Å². The lowest BCUT2D eigenvalue weighted by molar-refractivity contribution is -0.139. The first kappa shape index (κ1) is 17.5. The molecular formula is C17H15ClN2O4. The molecule has 2 aromatic carbocycles. The Hall–Kier alpha value is -2.86. The van der Waals surface area contributed by atoms with Gasteiger partial charge in [-0.3, -0.25) is 14.4 Å². The van der Waals surface area contributed by atoms with Gasteiger partial charge in [0, 0.05) is 0 Å². The molecule has 0 aliphatic carbocycles. The van der Waals surface area contributed by atoms with Crippen molar-refractivity contribution in [3.8, 4) is 0 Å². The number of hydrogen-bond donors (Lipinski definition) is 2. The van der Waals surface area contributed by atoms with E-state index in [2.05, 4.69) is 15.4 Å². The Labute approximate surface area is 143 Å². The molecule has 124 valence electrons. The molecule has 2 amide bonds. The molecule has 2 rings (SSSR count). The second-order valence-corrected chi connectivity index (χ2v) is 5.15. The van der Waals surface area contributed by atoms with E-state index in [0.717, 1.165) is 0 Å². The number of hydrogen-bond acceptors (Lipinski definition) is 4. The van der Waals surface area contributed by atoms with Crippen LogP contribution in [0.1, 0.15) is 20.7 Å². The molecule has 7 heteroatoms. The fourth-order valence-electron chi connectivity index (χ4n) is 1.94. The number of para-hydroxylation sites is 1. The molecule has 0 spiro atoms. The monoisotopic (exact) mass is 346 g/mol. The third-order valence-corrected chi connectivity index (χ3v) is 3.49. The first-order valence-electron chi connectivity index (χ1n) is 7.03. The molecule has 0 aromatic heterocycles. The van der Waals surface area contributed by atoms with Crippen molar-refractivity contribution in [2.45, 2.75) is 0 Å². The molecular weight excluding hydrogens is 332 g/mol.